The minimum absolute atomic E-state index is 0.0288. The zero-order chi connectivity index (χ0) is 30.5. The van der Waals surface area contributed by atoms with Crippen LogP contribution in [0.1, 0.15) is 113 Å². The van der Waals surface area contributed by atoms with Crippen molar-refractivity contribution in [2.75, 3.05) is 6.61 Å². The molecule has 4 rings (SSSR count). The number of ether oxygens (including phenoxy) is 2. The molecule has 0 atom stereocenters. The lowest BCUT2D eigenvalue weighted by Gasteiger charge is -2.38. The van der Waals surface area contributed by atoms with E-state index in [9.17, 15) is 26.3 Å². The van der Waals surface area contributed by atoms with E-state index in [1.807, 2.05) is 12.1 Å². The maximum absolute atomic E-state index is 14.8. The Balaban J connectivity index is 1.32. The molecule has 0 aromatic heterocycles. The number of alkyl halides is 5. The van der Waals surface area contributed by atoms with Crippen LogP contribution in [0.4, 0.5) is 26.3 Å². The van der Waals surface area contributed by atoms with Crippen LogP contribution in [0.3, 0.4) is 0 Å². The molecule has 2 aromatic carbocycles. The molecule has 0 aliphatic heterocycles. The van der Waals surface area contributed by atoms with Gasteiger partial charge in [0.15, 0.2) is 11.6 Å². The van der Waals surface area contributed by atoms with Gasteiger partial charge in [0.25, 0.3) is 0 Å². The molecule has 0 spiro atoms. The maximum Gasteiger partial charge on any atom is 0.419 e. The van der Waals surface area contributed by atoms with Crippen molar-refractivity contribution >= 4 is 0 Å². The summed E-state index contributed by atoms with van der Waals surface area (Å²) in [7, 11) is 0. The summed E-state index contributed by atoms with van der Waals surface area (Å²) >= 11 is 0. The molecule has 0 radical (unpaired) electrons. The Hall–Kier alpha value is -2.38. The molecule has 0 saturated heterocycles. The van der Waals surface area contributed by atoms with Crippen molar-refractivity contribution in [1.82, 2.24) is 0 Å². The van der Waals surface area contributed by atoms with E-state index in [-0.39, 0.29) is 17.9 Å². The molecule has 2 aliphatic carbocycles. The van der Waals surface area contributed by atoms with Gasteiger partial charge in [-0.05, 0) is 117 Å². The van der Waals surface area contributed by atoms with Crippen molar-refractivity contribution in [3.05, 3.63) is 58.4 Å². The van der Waals surface area contributed by atoms with Crippen LogP contribution in [0, 0.1) is 30.5 Å². The van der Waals surface area contributed by atoms with Gasteiger partial charge in [0.2, 0.25) is 0 Å². The Morgan fingerprint density at radius 2 is 1.43 bits per heavy atom. The number of halogens is 6. The van der Waals surface area contributed by atoms with Gasteiger partial charge in [-0.25, -0.2) is 4.39 Å². The predicted molar refractivity (Wildman–Crippen MR) is 153 cm³/mol. The lowest BCUT2D eigenvalue weighted by Crippen LogP contribution is -2.26. The fourth-order valence-corrected chi connectivity index (χ4v) is 7.26. The fraction of sp³-hybridized carbons (Fsp3) is 0.647. The zero-order valence-electron chi connectivity index (χ0n) is 25.0. The first-order valence-electron chi connectivity index (χ1n) is 15.6. The zero-order valence-corrected chi connectivity index (χ0v) is 25.0. The van der Waals surface area contributed by atoms with Gasteiger partial charge in [-0.1, -0.05) is 44.7 Å². The van der Waals surface area contributed by atoms with E-state index < -0.39 is 47.8 Å². The Morgan fingerprint density at radius 1 is 0.833 bits per heavy atom. The summed E-state index contributed by atoms with van der Waals surface area (Å²) in [5.74, 6) is 0.753. The third kappa shape index (κ3) is 8.16. The smallest absolute Gasteiger partial charge is 0.419 e. The molecule has 2 aromatic rings. The number of hydrogen-bond acceptors (Lipinski definition) is 2. The summed E-state index contributed by atoms with van der Waals surface area (Å²) in [6.07, 6.45) is 2.12. The summed E-state index contributed by atoms with van der Waals surface area (Å²) in [6.45, 7) is 5.09. The average molecular weight is 599 g/mol. The van der Waals surface area contributed by atoms with Crippen molar-refractivity contribution in [2.45, 2.75) is 116 Å². The molecule has 234 valence electrons. The van der Waals surface area contributed by atoms with Crippen molar-refractivity contribution in [3.8, 4) is 11.5 Å². The molecule has 42 heavy (non-hydrogen) atoms. The first-order chi connectivity index (χ1) is 19.9. The van der Waals surface area contributed by atoms with Crippen LogP contribution in [-0.4, -0.2) is 12.7 Å². The van der Waals surface area contributed by atoms with Gasteiger partial charge >= 0.3 is 12.3 Å². The molecule has 0 heterocycles. The second-order valence-electron chi connectivity index (χ2n) is 12.3. The minimum atomic E-state index is -5.06. The number of aryl methyl sites for hydroxylation is 1. The Labute approximate surface area is 246 Å². The normalized spacial score (nSPS) is 23.5. The molecule has 2 fully saturated rings. The highest BCUT2D eigenvalue weighted by atomic mass is 19.4. The lowest BCUT2D eigenvalue weighted by atomic mass is 9.68. The third-order valence-corrected chi connectivity index (χ3v) is 9.46. The van der Waals surface area contributed by atoms with Gasteiger partial charge in [-0.3, -0.25) is 0 Å². The SMILES string of the molecule is CCCC1CCC(C2CCC(c3ccc(OC(F)(F)CCc4c(C)cc(OCC)c(F)c4C(F)(F)F)cc3)CC2)CC1. The first kappa shape index (κ1) is 32.5. The van der Waals surface area contributed by atoms with Crippen LogP contribution >= 0.6 is 0 Å². The molecule has 0 unspecified atom stereocenters. The van der Waals surface area contributed by atoms with Crippen LogP contribution in [0.5, 0.6) is 11.5 Å². The fourth-order valence-electron chi connectivity index (χ4n) is 7.26. The first-order valence-corrected chi connectivity index (χ1v) is 15.6. The average Bonchev–Trinajstić information content (AvgIpc) is 2.94. The summed E-state index contributed by atoms with van der Waals surface area (Å²) < 4.78 is 95.2. The van der Waals surface area contributed by atoms with Crippen molar-refractivity contribution in [3.63, 3.8) is 0 Å². The van der Waals surface area contributed by atoms with Crippen LogP contribution < -0.4 is 9.47 Å². The summed E-state index contributed by atoms with van der Waals surface area (Å²) in [4.78, 5) is 0. The molecule has 2 saturated carbocycles. The van der Waals surface area contributed by atoms with E-state index in [0.717, 1.165) is 42.2 Å². The van der Waals surface area contributed by atoms with Crippen molar-refractivity contribution in [1.29, 1.82) is 0 Å². The number of hydrogen-bond donors (Lipinski definition) is 0. The standard InChI is InChI=1S/C34H44F6O2/c1-4-6-23-7-9-24(10-8-23)25-11-13-26(14-12-25)27-15-17-28(18-16-27)42-33(36,37)20-19-29-22(3)21-30(41-5-2)32(35)31(29)34(38,39)40/h15-18,21,23-26H,4-14,19-20H2,1-3H3. The molecule has 2 aliphatic rings. The second-order valence-corrected chi connectivity index (χ2v) is 12.3. The van der Waals surface area contributed by atoms with Crippen molar-refractivity contribution < 1.29 is 35.8 Å². The summed E-state index contributed by atoms with van der Waals surface area (Å²) in [5.41, 5.74) is -0.950. The molecule has 0 bridgehead atoms. The monoisotopic (exact) mass is 598 g/mol. The van der Waals surface area contributed by atoms with Gasteiger partial charge in [-0.2, -0.15) is 22.0 Å². The number of rotatable bonds is 11. The van der Waals surface area contributed by atoms with E-state index in [1.54, 1.807) is 0 Å². The van der Waals surface area contributed by atoms with E-state index >= 15 is 0 Å². The lowest BCUT2D eigenvalue weighted by molar-refractivity contribution is -0.180. The molecule has 0 amide bonds. The maximum atomic E-state index is 14.8. The van der Waals surface area contributed by atoms with Crippen LogP contribution in [-0.2, 0) is 12.6 Å². The Kier molecular flexibility index (Phi) is 10.8. The third-order valence-electron chi connectivity index (χ3n) is 9.46. The second kappa shape index (κ2) is 13.9. The van der Waals surface area contributed by atoms with E-state index in [2.05, 4.69) is 6.92 Å². The highest BCUT2D eigenvalue weighted by molar-refractivity contribution is 5.45. The molecule has 0 N–H and O–H groups in total. The van der Waals surface area contributed by atoms with Crippen molar-refractivity contribution in [2.24, 2.45) is 17.8 Å². The van der Waals surface area contributed by atoms with Crippen LogP contribution in [0.2, 0.25) is 0 Å². The van der Waals surface area contributed by atoms with Gasteiger partial charge in [-0.15, -0.1) is 0 Å². The highest BCUT2D eigenvalue weighted by Gasteiger charge is 2.41. The molecular formula is C34H44F6O2. The van der Waals surface area contributed by atoms with Gasteiger partial charge < -0.3 is 9.47 Å². The summed E-state index contributed by atoms with van der Waals surface area (Å²) in [6, 6.07) is 7.77. The van der Waals surface area contributed by atoms with E-state index in [4.69, 9.17) is 9.47 Å². The van der Waals surface area contributed by atoms with E-state index in [0.29, 0.717) is 5.92 Å². The number of benzene rings is 2. The highest BCUT2D eigenvalue weighted by Crippen LogP contribution is 2.45. The van der Waals surface area contributed by atoms with Gasteiger partial charge in [0.1, 0.15) is 5.75 Å². The van der Waals surface area contributed by atoms with Crippen LogP contribution in [0.25, 0.3) is 0 Å². The van der Waals surface area contributed by atoms with Crippen LogP contribution in [0.15, 0.2) is 30.3 Å². The topological polar surface area (TPSA) is 18.5 Å². The molecule has 8 heteroatoms. The Morgan fingerprint density at radius 3 is 1.98 bits per heavy atom. The largest absolute Gasteiger partial charge is 0.491 e. The van der Waals surface area contributed by atoms with E-state index in [1.165, 1.54) is 77.3 Å². The predicted octanol–water partition coefficient (Wildman–Crippen LogP) is 11.0. The van der Waals surface area contributed by atoms with Gasteiger partial charge in [0, 0.05) is 0 Å². The van der Waals surface area contributed by atoms with Gasteiger partial charge in [0.05, 0.1) is 18.6 Å². The molecule has 2 nitrogen and oxygen atoms in total. The minimum Gasteiger partial charge on any atom is -0.491 e. The quantitative estimate of drug-likeness (QED) is 0.240. The molecular weight excluding hydrogens is 554 g/mol. The Bertz CT molecular complexity index is 1140. The summed E-state index contributed by atoms with van der Waals surface area (Å²) in [5, 5.41) is 0.